The largest absolute Gasteiger partial charge is 0.310 e. The van der Waals surface area contributed by atoms with Crippen LogP contribution in [-0.4, -0.2) is 11.0 Å². The molecule has 0 fully saturated rings. The predicted octanol–water partition coefficient (Wildman–Crippen LogP) is 5.12. The summed E-state index contributed by atoms with van der Waals surface area (Å²) in [6.45, 7) is 9.71. The second-order valence-corrected chi connectivity index (χ2v) is 7.90. The Morgan fingerprint density at radius 3 is 2.52 bits per heavy atom. The molecule has 2 aromatic rings. The molecule has 1 aromatic carbocycles. The maximum atomic E-state index is 4.88. The van der Waals surface area contributed by atoms with Gasteiger partial charge in [-0.15, -0.1) is 11.3 Å². The molecule has 0 amide bonds. The van der Waals surface area contributed by atoms with Gasteiger partial charge in [0.15, 0.2) is 0 Å². The molecule has 1 aromatic heterocycles. The summed E-state index contributed by atoms with van der Waals surface area (Å²) in [5.74, 6) is 0.471. The molecule has 4 heteroatoms. The first-order chi connectivity index (χ1) is 9.97. The number of benzene rings is 1. The van der Waals surface area contributed by atoms with E-state index in [9.17, 15) is 0 Å². The Hall–Kier alpha value is -0.710. The summed E-state index contributed by atoms with van der Waals surface area (Å²) in [4.78, 5) is 6.26. The third-order valence-electron chi connectivity index (χ3n) is 3.29. The van der Waals surface area contributed by atoms with Crippen molar-refractivity contribution in [1.82, 2.24) is 10.3 Å². The highest BCUT2D eigenvalue weighted by atomic mass is 79.9. The Morgan fingerprint density at radius 2 is 1.90 bits per heavy atom. The highest BCUT2D eigenvalue weighted by Crippen LogP contribution is 2.28. The van der Waals surface area contributed by atoms with Crippen molar-refractivity contribution in [3.63, 3.8) is 0 Å². The Labute approximate surface area is 140 Å². The maximum absolute atomic E-state index is 4.88. The van der Waals surface area contributed by atoms with E-state index >= 15 is 0 Å². The van der Waals surface area contributed by atoms with Crippen LogP contribution in [0.4, 0.5) is 0 Å². The number of rotatable bonds is 6. The first kappa shape index (κ1) is 16.7. The molecule has 0 unspecified atom stereocenters. The summed E-state index contributed by atoms with van der Waals surface area (Å²) in [6, 6.07) is 8.88. The van der Waals surface area contributed by atoms with Gasteiger partial charge in [0.1, 0.15) is 0 Å². The minimum atomic E-state index is 0.471. The van der Waals surface area contributed by atoms with Crippen LogP contribution >= 0.6 is 27.3 Å². The van der Waals surface area contributed by atoms with Crippen molar-refractivity contribution >= 4 is 27.3 Å². The number of thiazole rings is 1. The fourth-order valence-electron chi connectivity index (χ4n) is 2.17. The zero-order chi connectivity index (χ0) is 15.4. The summed E-state index contributed by atoms with van der Waals surface area (Å²) in [5.41, 5.74) is 2.54. The van der Waals surface area contributed by atoms with Gasteiger partial charge in [-0.25, -0.2) is 4.98 Å². The molecule has 0 aliphatic carbocycles. The number of hydrogen-bond acceptors (Lipinski definition) is 3. The van der Waals surface area contributed by atoms with Crippen molar-refractivity contribution in [3.05, 3.63) is 49.9 Å². The zero-order valence-electron chi connectivity index (χ0n) is 13.1. The lowest BCUT2D eigenvalue weighted by Crippen LogP contribution is -2.22. The van der Waals surface area contributed by atoms with E-state index in [0.29, 0.717) is 12.0 Å². The number of hydrogen-bond donors (Lipinski definition) is 1. The van der Waals surface area contributed by atoms with Crippen LogP contribution in [0.2, 0.25) is 0 Å². The topological polar surface area (TPSA) is 24.9 Å². The van der Waals surface area contributed by atoms with Gasteiger partial charge in [-0.05, 0) is 17.5 Å². The average Bonchev–Trinajstić information content (AvgIpc) is 2.82. The first-order valence-electron chi connectivity index (χ1n) is 7.42. The monoisotopic (exact) mass is 366 g/mol. The van der Waals surface area contributed by atoms with Crippen molar-refractivity contribution < 1.29 is 0 Å². The van der Waals surface area contributed by atoms with E-state index in [1.165, 1.54) is 21.1 Å². The molecule has 21 heavy (non-hydrogen) atoms. The molecule has 114 valence electrons. The third-order valence-corrected chi connectivity index (χ3v) is 5.13. The van der Waals surface area contributed by atoms with Gasteiger partial charge in [0.2, 0.25) is 0 Å². The molecule has 2 rings (SSSR count). The van der Waals surface area contributed by atoms with E-state index in [1.807, 2.05) is 17.4 Å². The molecular weight excluding hydrogens is 344 g/mol. The molecule has 0 spiro atoms. The molecule has 0 bridgehead atoms. The van der Waals surface area contributed by atoms with Gasteiger partial charge < -0.3 is 5.32 Å². The summed E-state index contributed by atoms with van der Waals surface area (Å²) >= 11 is 5.46. The van der Waals surface area contributed by atoms with Gasteiger partial charge in [0.25, 0.3) is 0 Å². The second kappa shape index (κ2) is 7.52. The van der Waals surface area contributed by atoms with Crippen LogP contribution in [0.1, 0.15) is 54.8 Å². The van der Waals surface area contributed by atoms with E-state index in [1.54, 1.807) is 0 Å². The summed E-state index contributed by atoms with van der Waals surface area (Å²) in [6.07, 6.45) is 0.896. The van der Waals surface area contributed by atoms with Crippen molar-refractivity contribution in [3.8, 4) is 0 Å². The van der Waals surface area contributed by atoms with Crippen LogP contribution in [0.15, 0.2) is 28.7 Å². The van der Waals surface area contributed by atoms with Gasteiger partial charge in [-0.2, -0.15) is 0 Å². The van der Waals surface area contributed by atoms with E-state index in [2.05, 4.69) is 67.1 Å². The van der Waals surface area contributed by atoms with Crippen molar-refractivity contribution in [1.29, 1.82) is 0 Å². The number of nitrogens with one attached hydrogen (secondary N) is 1. The molecule has 0 saturated heterocycles. The lowest BCUT2D eigenvalue weighted by molar-refractivity contribution is 0.588. The van der Waals surface area contributed by atoms with Crippen molar-refractivity contribution in [2.24, 2.45) is 0 Å². The zero-order valence-corrected chi connectivity index (χ0v) is 15.5. The van der Waals surface area contributed by atoms with Gasteiger partial charge >= 0.3 is 0 Å². The summed E-state index contributed by atoms with van der Waals surface area (Å²) < 4.78 is 1.16. The molecule has 0 aliphatic rings. The van der Waals surface area contributed by atoms with Crippen LogP contribution in [0.3, 0.4) is 0 Å². The first-order valence-corrected chi connectivity index (χ1v) is 9.03. The van der Waals surface area contributed by atoms with Gasteiger partial charge in [0, 0.05) is 28.4 Å². The lowest BCUT2D eigenvalue weighted by Gasteiger charge is -2.09. The highest BCUT2D eigenvalue weighted by Gasteiger charge is 2.15. The molecule has 2 nitrogen and oxygen atoms in total. The Kier molecular flexibility index (Phi) is 5.97. The van der Waals surface area contributed by atoms with E-state index in [0.717, 1.165) is 17.4 Å². The molecule has 0 saturated carbocycles. The quantitative estimate of drug-likeness (QED) is 0.767. The third kappa shape index (κ3) is 4.63. The molecule has 0 atom stereocenters. The molecule has 0 radical (unpaired) electrons. The molecule has 1 heterocycles. The smallest absolute Gasteiger partial charge is 0.0975 e. The van der Waals surface area contributed by atoms with Gasteiger partial charge in [-0.1, -0.05) is 61.8 Å². The minimum Gasteiger partial charge on any atom is -0.310 e. The fourth-order valence-corrected chi connectivity index (χ4v) is 3.79. The van der Waals surface area contributed by atoms with Crippen molar-refractivity contribution in [2.45, 2.75) is 52.6 Å². The molecule has 1 N–H and O–H groups in total. The fraction of sp³-hybridized carbons (Fsp3) is 0.471. The number of nitrogens with zero attached hydrogens (tertiary/aromatic N) is 1. The van der Waals surface area contributed by atoms with E-state index in [4.69, 9.17) is 4.98 Å². The maximum Gasteiger partial charge on any atom is 0.0975 e. The molecular formula is C17H23BrN2S. The van der Waals surface area contributed by atoms with Crippen LogP contribution in [0.25, 0.3) is 0 Å². The Balaban J connectivity index is 2.21. The predicted molar refractivity (Wildman–Crippen MR) is 95.1 cm³/mol. The number of aromatic nitrogens is 1. The van der Waals surface area contributed by atoms with Crippen molar-refractivity contribution in [2.75, 3.05) is 0 Å². The standard InChI is InChI=1S/C17H23BrN2S/c1-11(2)17-15(10-19-12(3)4)21-16(20-17)9-13-7-5-6-8-14(13)18/h5-8,11-12,19H,9-10H2,1-4H3. The average molecular weight is 367 g/mol. The number of halogens is 1. The SMILES string of the molecule is CC(C)NCc1sc(Cc2ccccc2Br)nc1C(C)C. The Bertz CT molecular complexity index is 590. The van der Waals surface area contributed by atoms with E-state index in [-0.39, 0.29) is 0 Å². The second-order valence-electron chi connectivity index (χ2n) is 5.87. The van der Waals surface area contributed by atoms with Gasteiger partial charge in [0.05, 0.1) is 10.7 Å². The van der Waals surface area contributed by atoms with Crippen LogP contribution in [-0.2, 0) is 13.0 Å². The van der Waals surface area contributed by atoms with Gasteiger partial charge in [-0.3, -0.25) is 0 Å². The van der Waals surface area contributed by atoms with Crippen LogP contribution < -0.4 is 5.32 Å². The normalized spacial score (nSPS) is 11.6. The van der Waals surface area contributed by atoms with Crippen LogP contribution in [0.5, 0.6) is 0 Å². The highest BCUT2D eigenvalue weighted by molar-refractivity contribution is 9.10. The summed E-state index contributed by atoms with van der Waals surface area (Å²) in [7, 11) is 0. The minimum absolute atomic E-state index is 0.471. The van der Waals surface area contributed by atoms with Crippen LogP contribution in [0, 0.1) is 0 Å². The summed E-state index contributed by atoms with van der Waals surface area (Å²) in [5, 5.41) is 4.71. The Morgan fingerprint density at radius 1 is 1.19 bits per heavy atom. The lowest BCUT2D eigenvalue weighted by atomic mass is 10.1. The van der Waals surface area contributed by atoms with E-state index < -0.39 is 0 Å². The molecule has 0 aliphatic heterocycles.